The van der Waals surface area contributed by atoms with E-state index in [2.05, 4.69) is 15.0 Å². The first-order valence-corrected chi connectivity index (χ1v) is 9.57. The summed E-state index contributed by atoms with van der Waals surface area (Å²) in [5, 5.41) is 1.83. The van der Waals surface area contributed by atoms with Crippen molar-refractivity contribution >= 4 is 39.3 Å². The van der Waals surface area contributed by atoms with Crippen molar-refractivity contribution in [3.8, 4) is 5.82 Å². The van der Waals surface area contributed by atoms with E-state index in [1.807, 2.05) is 54.3 Å². The minimum absolute atomic E-state index is 0.219. The normalized spacial score (nSPS) is 11.6. The van der Waals surface area contributed by atoms with E-state index in [4.69, 9.17) is 4.98 Å². The Kier molecular flexibility index (Phi) is 3.48. The molecule has 8 heteroatoms. The highest BCUT2D eigenvalue weighted by molar-refractivity contribution is 7.98. The minimum Gasteiger partial charge on any atom is -0.266 e. The van der Waals surface area contributed by atoms with Crippen LogP contribution in [0.2, 0.25) is 0 Å². The van der Waals surface area contributed by atoms with Gasteiger partial charge in [-0.2, -0.15) is 4.52 Å². The smallest absolute Gasteiger partial charge is 0.266 e. The molecule has 0 atom stereocenters. The first-order chi connectivity index (χ1) is 13.2. The number of nitrogens with zero attached hydrogens (tertiary/aromatic N) is 6. The third-order valence-corrected chi connectivity index (χ3v) is 5.08. The largest absolute Gasteiger partial charge is 0.284 e. The number of rotatable bonds is 2. The Morgan fingerprint density at radius 2 is 1.85 bits per heavy atom. The first-order valence-electron chi connectivity index (χ1n) is 8.34. The van der Waals surface area contributed by atoms with Crippen LogP contribution in [-0.4, -0.2) is 35.4 Å². The van der Waals surface area contributed by atoms with Crippen molar-refractivity contribution in [3.05, 3.63) is 64.7 Å². The summed E-state index contributed by atoms with van der Waals surface area (Å²) in [5.74, 6) is 0.689. The Hall–Kier alpha value is -3.26. The molecule has 0 saturated carbocycles. The van der Waals surface area contributed by atoms with Gasteiger partial charge in [-0.1, -0.05) is 30.0 Å². The second-order valence-electron chi connectivity index (χ2n) is 6.12. The molecule has 27 heavy (non-hydrogen) atoms. The number of pyridine rings is 1. The maximum absolute atomic E-state index is 13.4. The second-order valence-corrected chi connectivity index (χ2v) is 6.89. The van der Waals surface area contributed by atoms with Gasteiger partial charge in [0.1, 0.15) is 5.39 Å². The summed E-state index contributed by atoms with van der Waals surface area (Å²) in [4.78, 5) is 31.2. The molecule has 4 heterocycles. The van der Waals surface area contributed by atoms with Gasteiger partial charge in [0.15, 0.2) is 22.3 Å². The lowest BCUT2D eigenvalue weighted by molar-refractivity contribution is 0.765. The van der Waals surface area contributed by atoms with E-state index in [9.17, 15) is 4.79 Å². The Morgan fingerprint density at radius 1 is 1.00 bits per heavy atom. The molecule has 5 rings (SSSR count). The quantitative estimate of drug-likeness (QED) is 0.349. The summed E-state index contributed by atoms with van der Waals surface area (Å²) >= 11 is 1.42. The van der Waals surface area contributed by atoms with Gasteiger partial charge in [0.2, 0.25) is 0 Å². The number of thioether (sulfide) groups is 1. The molecule has 0 saturated heterocycles. The second kappa shape index (κ2) is 5.88. The number of para-hydroxylation sites is 1. The van der Waals surface area contributed by atoms with Gasteiger partial charge in [0.25, 0.3) is 5.56 Å². The predicted octanol–water partition coefficient (Wildman–Crippen LogP) is 3.01. The molecule has 7 nitrogen and oxygen atoms in total. The summed E-state index contributed by atoms with van der Waals surface area (Å²) in [6.07, 6.45) is 5.15. The van der Waals surface area contributed by atoms with Crippen LogP contribution < -0.4 is 5.56 Å². The SMILES string of the molecule is CSc1ncc2c(=O)n3c(nc2n1)c1ccccc1n3-c1ncccc1C. The zero-order valence-corrected chi connectivity index (χ0v) is 15.4. The number of fused-ring (bicyclic) bond motifs is 4. The topological polar surface area (TPSA) is 78.0 Å². The summed E-state index contributed by atoms with van der Waals surface area (Å²) in [5.41, 5.74) is 2.56. The third kappa shape index (κ3) is 2.26. The van der Waals surface area contributed by atoms with Crippen LogP contribution in [0.15, 0.2) is 58.7 Å². The van der Waals surface area contributed by atoms with Crippen LogP contribution >= 0.6 is 11.8 Å². The molecule has 0 unspecified atom stereocenters. The molecule has 0 N–H and O–H groups in total. The number of benzene rings is 1. The average molecular weight is 374 g/mol. The van der Waals surface area contributed by atoms with Crippen LogP contribution in [0.1, 0.15) is 5.56 Å². The highest BCUT2D eigenvalue weighted by Crippen LogP contribution is 2.25. The van der Waals surface area contributed by atoms with Gasteiger partial charge in [-0.05, 0) is 36.9 Å². The molecule has 0 amide bonds. The highest BCUT2D eigenvalue weighted by Gasteiger charge is 2.19. The van der Waals surface area contributed by atoms with Gasteiger partial charge in [-0.15, -0.1) is 0 Å². The fourth-order valence-corrected chi connectivity index (χ4v) is 3.61. The van der Waals surface area contributed by atoms with E-state index >= 15 is 0 Å². The predicted molar refractivity (Wildman–Crippen MR) is 106 cm³/mol. The molecular formula is C19H14N6OS. The Balaban J connectivity index is 2.04. The number of aryl methyl sites for hydroxylation is 1. The van der Waals surface area contributed by atoms with Crippen molar-refractivity contribution in [2.45, 2.75) is 12.1 Å². The van der Waals surface area contributed by atoms with Crippen LogP contribution in [0, 0.1) is 6.92 Å². The van der Waals surface area contributed by atoms with Crippen LogP contribution in [0.5, 0.6) is 0 Å². The summed E-state index contributed by atoms with van der Waals surface area (Å²) < 4.78 is 3.38. The number of hydrogen-bond donors (Lipinski definition) is 0. The van der Waals surface area contributed by atoms with Crippen LogP contribution in [0.25, 0.3) is 33.4 Å². The molecule has 0 aliphatic heterocycles. The molecule has 132 valence electrons. The molecule has 0 spiro atoms. The monoisotopic (exact) mass is 374 g/mol. The maximum atomic E-state index is 13.4. The van der Waals surface area contributed by atoms with E-state index in [0.29, 0.717) is 27.7 Å². The molecule has 0 bridgehead atoms. The lowest BCUT2D eigenvalue weighted by Crippen LogP contribution is -2.22. The van der Waals surface area contributed by atoms with Gasteiger partial charge >= 0.3 is 0 Å². The molecule has 1 aromatic carbocycles. The standard InChI is InChI=1S/C19H14N6OS/c1-11-6-5-9-20-16(11)24-14-8-4-3-7-12(14)17-22-15-13(18(26)25(17)24)10-21-19(23-15)27-2/h3-10H,1-2H3. The van der Waals surface area contributed by atoms with Crippen molar-refractivity contribution in [1.29, 1.82) is 0 Å². The van der Waals surface area contributed by atoms with Crippen LogP contribution in [0.4, 0.5) is 0 Å². The van der Waals surface area contributed by atoms with Gasteiger partial charge < -0.3 is 0 Å². The lowest BCUT2D eigenvalue weighted by atomic mass is 10.2. The molecule has 4 aromatic heterocycles. The van der Waals surface area contributed by atoms with Gasteiger partial charge in [-0.25, -0.2) is 24.6 Å². The lowest BCUT2D eigenvalue weighted by Gasteiger charge is -2.09. The average Bonchev–Trinajstić information content (AvgIpc) is 3.03. The fraction of sp³-hybridized carbons (Fsp3) is 0.105. The van der Waals surface area contributed by atoms with E-state index < -0.39 is 0 Å². The van der Waals surface area contributed by atoms with E-state index in [0.717, 1.165) is 16.5 Å². The van der Waals surface area contributed by atoms with Gasteiger partial charge in [0, 0.05) is 17.8 Å². The number of hydrogen-bond acceptors (Lipinski definition) is 6. The van der Waals surface area contributed by atoms with E-state index in [1.165, 1.54) is 11.8 Å². The molecule has 0 radical (unpaired) electrons. The van der Waals surface area contributed by atoms with Gasteiger partial charge in [0.05, 0.1) is 5.52 Å². The van der Waals surface area contributed by atoms with Crippen LogP contribution in [0.3, 0.4) is 0 Å². The van der Waals surface area contributed by atoms with Crippen molar-refractivity contribution in [2.75, 3.05) is 6.26 Å². The van der Waals surface area contributed by atoms with Crippen LogP contribution in [-0.2, 0) is 0 Å². The summed E-state index contributed by atoms with van der Waals surface area (Å²) in [6, 6.07) is 11.6. The summed E-state index contributed by atoms with van der Waals surface area (Å²) in [6.45, 7) is 1.97. The van der Waals surface area contributed by atoms with Crippen molar-refractivity contribution in [1.82, 2.24) is 29.1 Å². The van der Waals surface area contributed by atoms with E-state index in [1.54, 1.807) is 16.9 Å². The maximum Gasteiger partial charge on any atom is 0.284 e. The van der Waals surface area contributed by atoms with Crippen molar-refractivity contribution in [3.63, 3.8) is 0 Å². The molecule has 0 aliphatic carbocycles. The fourth-order valence-electron chi connectivity index (χ4n) is 3.27. The number of aromatic nitrogens is 6. The van der Waals surface area contributed by atoms with E-state index in [-0.39, 0.29) is 5.56 Å². The molecule has 0 aliphatic rings. The Morgan fingerprint density at radius 3 is 2.67 bits per heavy atom. The zero-order valence-electron chi connectivity index (χ0n) is 14.6. The molecule has 0 fully saturated rings. The minimum atomic E-state index is -0.219. The Bertz CT molecular complexity index is 1400. The zero-order chi connectivity index (χ0) is 18.5. The Labute approximate surface area is 157 Å². The molecular weight excluding hydrogens is 360 g/mol. The highest BCUT2D eigenvalue weighted by atomic mass is 32.2. The van der Waals surface area contributed by atoms with Crippen molar-refractivity contribution in [2.24, 2.45) is 0 Å². The van der Waals surface area contributed by atoms with Crippen molar-refractivity contribution < 1.29 is 0 Å². The summed E-state index contributed by atoms with van der Waals surface area (Å²) in [7, 11) is 0. The first kappa shape index (κ1) is 16.0. The molecule has 5 aromatic rings. The van der Waals surface area contributed by atoms with Gasteiger partial charge in [-0.3, -0.25) is 4.79 Å². The third-order valence-electron chi connectivity index (χ3n) is 4.52.